The lowest BCUT2D eigenvalue weighted by molar-refractivity contribution is 0.341. The van der Waals surface area contributed by atoms with Crippen molar-refractivity contribution in [3.63, 3.8) is 0 Å². The van der Waals surface area contributed by atoms with E-state index < -0.39 is 0 Å². The van der Waals surface area contributed by atoms with Gasteiger partial charge < -0.3 is 5.11 Å². The van der Waals surface area contributed by atoms with Gasteiger partial charge in [0, 0.05) is 0 Å². The third-order valence-electron chi connectivity index (χ3n) is 4.79. The van der Waals surface area contributed by atoms with Gasteiger partial charge in [0.25, 0.3) is 0 Å². The Balaban J connectivity index is 4.46. The van der Waals surface area contributed by atoms with Crippen LogP contribution in [0.2, 0.25) is 0 Å². The van der Waals surface area contributed by atoms with E-state index in [1.165, 1.54) is 34.3 Å². The minimum Gasteiger partial charge on any atom is -0.392 e. The summed E-state index contributed by atoms with van der Waals surface area (Å²) in [6, 6.07) is 0. The fourth-order valence-corrected chi connectivity index (χ4v) is 2.80. The van der Waals surface area contributed by atoms with Crippen molar-refractivity contribution in [1.29, 1.82) is 0 Å². The Labute approximate surface area is 163 Å². The second-order valence-electron chi connectivity index (χ2n) is 8.00. The zero-order chi connectivity index (χ0) is 19.9. The lowest BCUT2D eigenvalue weighted by atomic mass is 9.97. The normalized spacial score (nSPS) is 13.0. The van der Waals surface area contributed by atoms with Gasteiger partial charge in [-0.1, -0.05) is 57.7 Å². The Morgan fingerprint density at radius 1 is 0.615 bits per heavy atom. The number of hydrogen-bond acceptors (Lipinski definition) is 1. The van der Waals surface area contributed by atoms with E-state index in [1.54, 1.807) is 5.57 Å². The van der Waals surface area contributed by atoms with Crippen LogP contribution in [-0.2, 0) is 0 Å². The quantitative estimate of drug-likeness (QED) is 0.352. The minimum absolute atomic E-state index is 0.153. The van der Waals surface area contributed by atoms with Gasteiger partial charge in [0.15, 0.2) is 0 Å². The second kappa shape index (κ2) is 14.8. The molecule has 0 fully saturated rings. The molecule has 26 heavy (non-hydrogen) atoms. The molecule has 0 saturated heterocycles. The molecule has 0 bridgehead atoms. The van der Waals surface area contributed by atoms with Crippen molar-refractivity contribution in [3.05, 3.63) is 57.7 Å². The topological polar surface area (TPSA) is 20.2 Å². The standard InChI is InChI=1S/C25H42O/c1-20(2)10-8-11-22(5)14-16-25(21(3)4)17-15-23(6)12-9-13-24(7)18-19-26/h10,12,14,18,26H,8-9,11,13,15-17,19H2,1-7H3/b22-14+,23-12?,24-18?. The van der Waals surface area contributed by atoms with Gasteiger partial charge in [0.05, 0.1) is 6.61 Å². The van der Waals surface area contributed by atoms with Crippen molar-refractivity contribution < 1.29 is 5.11 Å². The molecule has 148 valence electrons. The van der Waals surface area contributed by atoms with Crippen molar-refractivity contribution in [1.82, 2.24) is 0 Å². The summed E-state index contributed by atoms with van der Waals surface area (Å²) in [6.45, 7) is 15.6. The van der Waals surface area contributed by atoms with Gasteiger partial charge in [-0.05, 0) is 93.4 Å². The van der Waals surface area contributed by atoms with Gasteiger partial charge in [-0.3, -0.25) is 0 Å². The molecule has 0 amide bonds. The van der Waals surface area contributed by atoms with E-state index in [-0.39, 0.29) is 6.61 Å². The number of hydrogen-bond donors (Lipinski definition) is 1. The van der Waals surface area contributed by atoms with Crippen LogP contribution in [0.25, 0.3) is 0 Å². The predicted octanol–water partition coefficient (Wildman–Crippen LogP) is 7.85. The Kier molecular flexibility index (Phi) is 14.0. The first kappa shape index (κ1) is 24.7. The number of rotatable bonds is 12. The molecule has 0 rings (SSSR count). The van der Waals surface area contributed by atoms with Crippen LogP contribution < -0.4 is 0 Å². The fraction of sp³-hybridized carbons (Fsp3) is 0.600. The summed E-state index contributed by atoms with van der Waals surface area (Å²) >= 11 is 0. The number of aliphatic hydroxyl groups excluding tert-OH is 1. The first-order chi connectivity index (χ1) is 12.3. The van der Waals surface area contributed by atoms with Crippen LogP contribution in [0.5, 0.6) is 0 Å². The number of allylic oxidation sites excluding steroid dienone is 9. The van der Waals surface area contributed by atoms with Gasteiger partial charge in [0.1, 0.15) is 0 Å². The second-order valence-corrected chi connectivity index (χ2v) is 8.00. The zero-order valence-corrected chi connectivity index (χ0v) is 18.4. The summed E-state index contributed by atoms with van der Waals surface area (Å²) in [4.78, 5) is 0. The predicted molar refractivity (Wildman–Crippen MR) is 118 cm³/mol. The van der Waals surface area contributed by atoms with E-state index in [1.807, 2.05) is 6.08 Å². The van der Waals surface area contributed by atoms with Crippen LogP contribution in [0.1, 0.15) is 93.4 Å². The van der Waals surface area contributed by atoms with Crippen molar-refractivity contribution >= 4 is 0 Å². The average molecular weight is 359 g/mol. The maximum absolute atomic E-state index is 8.90. The highest BCUT2D eigenvalue weighted by Gasteiger charge is 2.01. The molecular formula is C25H42O. The Hall–Kier alpha value is -1.34. The summed E-state index contributed by atoms with van der Waals surface area (Å²) in [5.41, 5.74) is 8.70. The minimum atomic E-state index is 0.153. The van der Waals surface area contributed by atoms with Crippen LogP contribution in [0.3, 0.4) is 0 Å². The van der Waals surface area contributed by atoms with Gasteiger partial charge >= 0.3 is 0 Å². The molecule has 0 aromatic rings. The maximum atomic E-state index is 8.90. The molecule has 0 aliphatic rings. The molecule has 1 heteroatoms. The first-order valence-electron chi connectivity index (χ1n) is 10.1. The highest BCUT2D eigenvalue weighted by Crippen LogP contribution is 2.21. The third-order valence-corrected chi connectivity index (χ3v) is 4.79. The third kappa shape index (κ3) is 13.9. The van der Waals surface area contributed by atoms with Crippen molar-refractivity contribution in [3.8, 4) is 0 Å². The summed E-state index contributed by atoms with van der Waals surface area (Å²) in [7, 11) is 0. The highest BCUT2D eigenvalue weighted by atomic mass is 16.2. The molecule has 0 atom stereocenters. The molecular weight excluding hydrogens is 316 g/mol. The summed E-state index contributed by atoms with van der Waals surface area (Å²) in [5, 5.41) is 8.90. The largest absolute Gasteiger partial charge is 0.392 e. The van der Waals surface area contributed by atoms with Crippen molar-refractivity contribution in [2.24, 2.45) is 0 Å². The zero-order valence-electron chi connectivity index (χ0n) is 18.4. The van der Waals surface area contributed by atoms with E-state index in [4.69, 9.17) is 5.11 Å². The molecule has 0 radical (unpaired) electrons. The molecule has 0 unspecified atom stereocenters. The first-order valence-corrected chi connectivity index (χ1v) is 10.1. The molecule has 0 saturated carbocycles. The van der Waals surface area contributed by atoms with Gasteiger partial charge in [0.2, 0.25) is 0 Å². The van der Waals surface area contributed by atoms with Crippen molar-refractivity contribution in [2.45, 2.75) is 93.4 Å². The average Bonchev–Trinajstić information content (AvgIpc) is 2.54. The van der Waals surface area contributed by atoms with Crippen molar-refractivity contribution in [2.75, 3.05) is 6.61 Å². The lowest BCUT2D eigenvalue weighted by Gasteiger charge is -2.10. The SMILES string of the molecule is CC(C)=CCC/C(C)=C/CC(CCC(C)=CCCC(C)=CCO)=C(C)C. The van der Waals surface area contributed by atoms with Crippen LogP contribution in [0, 0.1) is 0 Å². The van der Waals surface area contributed by atoms with E-state index in [0.717, 1.165) is 38.5 Å². The molecule has 0 spiro atoms. The molecule has 1 nitrogen and oxygen atoms in total. The van der Waals surface area contributed by atoms with Gasteiger partial charge in [-0.25, -0.2) is 0 Å². The smallest absolute Gasteiger partial charge is 0.0614 e. The van der Waals surface area contributed by atoms with Crippen LogP contribution in [0.15, 0.2) is 57.7 Å². The van der Waals surface area contributed by atoms with E-state index in [9.17, 15) is 0 Å². The Morgan fingerprint density at radius 2 is 1.15 bits per heavy atom. The molecule has 0 aromatic carbocycles. The van der Waals surface area contributed by atoms with Gasteiger partial charge in [-0.2, -0.15) is 0 Å². The lowest BCUT2D eigenvalue weighted by Crippen LogP contribution is -1.90. The highest BCUT2D eigenvalue weighted by molar-refractivity contribution is 5.18. The summed E-state index contributed by atoms with van der Waals surface area (Å²) in [5.74, 6) is 0. The van der Waals surface area contributed by atoms with E-state index in [0.29, 0.717) is 0 Å². The van der Waals surface area contributed by atoms with Gasteiger partial charge in [-0.15, -0.1) is 0 Å². The maximum Gasteiger partial charge on any atom is 0.0614 e. The number of aliphatic hydroxyl groups is 1. The fourth-order valence-electron chi connectivity index (χ4n) is 2.80. The van der Waals surface area contributed by atoms with Crippen LogP contribution >= 0.6 is 0 Å². The monoisotopic (exact) mass is 358 g/mol. The van der Waals surface area contributed by atoms with Crippen LogP contribution in [-0.4, -0.2) is 11.7 Å². The van der Waals surface area contributed by atoms with E-state index in [2.05, 4.69) is 66.7 Å². The molecule has 1 N–H and O–H groups in total. The van der Waals surface area contributed by atoms with Crippen LogP contribution in [0.4, 0.5) is 0 Å². The Morgan fingerprint density at radius 3 is 1.69 bits per heavy atom. The molecule has 0 aliphatic heterocycles. The van der Waals surface area contributed by atoms with E-state index >= 15 is 0 Å². The molecule has 0 aromatic heterocycles. The Bertz CT molecular complexity index is 545. The summed E-state index contributed by atoms with van der Waals surface area (Å²) < 4.78 is 0. The molecule has 0 aliphatic carbocycles. The summed E-state index contributed by atoms with van der Waals surface area (Å²) in [6.07, 6.45) is 16.8. The molecule has 0 heterocycles.